The Balaban J connectivity index is 1.70. The predicted octanol–water partition coefficient (Wildman–Crippen LogP) is 7.62. The van der Waals surface area contributed by atoms with Gasteiger partial charge in [0.1, 0.15) is 0 Å². The quantitative estimate of drug-likeness (QED) is 0.465. The van der Waals surface area contributed by atoms with E-state index < -0.39 is 0 Å². The second kappa shape index (κ2) is 9.33. The van der Waals surface area contributed by atoms with Crippen LogP contribution in [-0.4, -0.2) is 11.2 Å². The molecule has 0 amide bonds. The van der Waals surface area contributed by atoms with Crippen LogP contribution in [0.1, 0.15) is 98.3 Å². The van der Waals surface area contributed by atoms with Gasteiger partial charge in [0.2, 0.25) is 0 Å². The fourth-order valence-electron chi connectivity index (χ4n) is 6.66. The number of fused-ring (bicyclic) bond motifs is 1. The third-order valence-electron chi connectivity index (χ3n) is 8.35. The lowest BCUT2D eigenvalue weighted by atomic mass is 9.63. The maximum atomic E-state index is 10.0. The molecule has 0 spiro atoms. The monoisotopic (exact) mass is 386 g/mol. The van der Waals surface area contributed by atoms with Gasteiger partial charge in [-0.25, -0.2) is 0 Å². The van der Waals surface area contributed by atoms with Crippen LogP contribution in [0.25, 0.3) is 0 Å². The minimum Gasteiger partial charge on any atom is -0.393 e. The van der Waals surface area contributed by atoms with E-state index in [1.807, 2.05) is 0 Å². The SMILES string of the molecule is CC(C)CCC[C@@H](C)[C@H]1CC[C@H]2/C(=C/C=C3\C[C@@H](O)CCC3=[13CH2])[13CH2]CC[C@]12C. The molecule has 0 saturated heterocycles. The average molecular weight is 387 g/mol. The van der Waals surface area contributed by atoms with Crippen LogP contribution in [-0.2, 0) is 0 Å². The largest absolute Gasteiger partial charge is 0.393 e. The molecule has 1 nitrogen and oxygen atoms in total. The second-order valence-corrected chi connectivity index (χ2v) is 10.8. The van der Waals surface area contributed by atoms with Crippen LogP contribution in [0.15, 0.2) is 35.5 Å². The van der Waals surface area contributed by atoms with E-state index in [1.54, 1.807) is 5.57 Å². The maximum Gasteiger partial charge on any atom is 0.0583 e. The molecule has 0 heterocycles. The normalized spacial score (nSPS) is 37.6. The summed E-state index contributed by atoms with van der Waals surface area (Å²) in [7, 11) is 0. The zero-order valence-corrected chi connectivity index (χ0v) is 19.0. The van der Waals surface area contributed by atoms with E-state index in [2.05, 4.69) is 46.4 Å². The predicted molar refractivity (Wildman–Crippen MR) is 121 cm³/mol. The van der Waals surface area contributed by atoms with Crippen LogP contribution in [0, 0.1) is 29.1 Å². The first-order chi connectivity index (χ1) is 13.3. The van der Waals surface area contributed by atoms with Crippen molar-refractivity contribution in [3.63, 3.8) is 0 Å². The van der Waals surface area contributed by atoms with E-state index >= 15 is 0 Å². The van der Waals surface area contributed by atoms with E-state index in [0.29, 0.717) is 5.41 Å². The van der Waals surface area contributed by atoms with Gasteiger partial charge in [-0.05, 0) is 86.0 Å². The van der Waals surface area contributed by atoms with Crippen molar-refractivity contribution in [2.75, 3.05) is 0 Å². The Morgan fingerprint density at radius 2 is 1.89 bits per heavy atom. The van der Waals surface area contributed by atoms with Crippen LogP contribution in [0.5, 0.6) is 0 Å². The molecule has 0 aromatic carbocycles. The molecule has 0 aromatic rings. The molecule has 3 rings (SSSR count). The van der Waals surface area contributed by atoms with Crippen LogP contribution in [0.3, 0.4) is 0 Å². The first kappa shape index (κ1) is 21.9. The third-order valence-corrected chi connectivity index (χ3v) is 8.35. The summed E-state index contributed by atoms with van der Waals surface area (Å²) in [5.74, 6) is 3.37. The highest BCUT2D eigenvalue weighted by atomic mass is 16.3. The molecule has 0 aliphatic heterocycles. The van der Waals surface area contributed by atoms with Gasteiger partial charge in [0.15, 0.2) is 0 Å². The van der Waals surface area contributed by atoms with E-state index in [-0.39, 0.29) is 6.10 Å². The first-order valence-electron chi connectivity index (χ1n) is 12.1. The van der Waals surface area contributed by atoms with Gasteiger partial charge in [0, 0.05) is 0 Å². The lowest BCUT2D eigenvalue weighted by Gasteiger charge is -2.44. The van der Waals surface area contributed by atoms with Gasteiger partial charge in [0.05, 0.1) is 6.10 Å². The molecule has 1 N–H and O–H groups in total. The van der Waals surface area contributed by atoms with E-state index in [1.165, 1.54) is 62.5 Å². The Morgan fingerprint density at radius 1 is 1.11 bits per heavy atom. The summed E-state index contributed by atoms with van der Waals surface area (Å²) in [6.07, 6.45) is 18.2. The molecule has 3 aliphatic carbocycles. The molecule has 0 unspecified atom stereocenters. The van der Waals surface area contributed by atoms with Crippen molar-refractivity contribution >= 4 is 0 Å². The third kappa shape index (κ3) is 4.84. The molecule has 28 heavy (non-hydrogen) atoms. The number of hydrogen-bond donors (Lipinski definition) is 1. The summed E-state index contributed by atoms with van der Waals surface area (Å²) < 4.78 is 0. The lowest BCUT2D eigenvalue weighted by Crippen LogP contribution is -2.36. The number of hydrogen-bond acceptors (Lipinski definition) is 1. The Kier molecular flexibility index (Phi) is 7.29. The Labute approximate surface area is 174 Å². The topological polar surface area (TPSA) is 20.2 Å². The summed E-state index contributed by atoms with van der Waals surface area (Å²) in [5.41, 5.74) is 4.72. The zero-order valence-electron chi connectivity index (χ0n) is 19.0. The number of allylic oxidation sites excluding steroid dienone is 4. The summed E-state index contributed by atoms with van der Waals surface area (Å²) >= 11 is 0. The van der Waals surface area contributed by atoms with Crippen molar-refractivity contribution in [3.8, 4) is 0 Å². The van der Waals surface area contributed by atoms with E-state index in [0.717, 1.165) is 42.9 Å². The molecule has 0 aromatic heterocycles. The van der Waals surface area contributed by atoms with E-state index in [4.69, 9.17) is 0 Å². The zero-order chi connectivity index (χ0) is 20.3. The van der Waals surface area contributed by atoms with Gasteiger partial charge in [-0.15, -0.1) is 0 Å². The van der Waals surface area contributed by atoms with Crippen molar-refractivity contribution in [2.24, 2.45) is 29.1 Å². The summed E-state index contributed by atoms with van der Waals surface area (Å²) in [4.78, 5) is 0. The number of aliphatic hydroxyl groups excluding tert-OH is 1. The molecular weight excluding hydrogens is 342 g/mol. The lowest BCUT2D eigenvalue weighted by molar-refractivity contribution is 0.0929. The highest BCUT2D eigenvalue weighted by Gasteiger charge is 2.50. The Hall–Kier alpha value is -0.820. The second-order valence-electron chi connectivity index (χ2n) is 10.8. The Morgan fingerprint density at radius 3 is 2.64 bits per heavy atom. The van der Waals surface area contributed by atoms with E-state index in [9.17, 15) is 5.11 Å². The van der Waals surface area contributed by atoms with Crippen molar-refractivity contribution in [1.29, 1.82) is 0 Å². The van der Waals surface area contributed by atoms with Crippen LogP contribution in [0.2, 0.25) is 0 Å². The molecule has 0 radical (unpaired) electrons. The smallest absolute Gasteiger partial charge is 0.0583 e. The first-order valence-corrected chi connectivity index (χ1v) is 12.1. The summed E-state index contributed by atoms with van der Waals surface area (Å²) in [6.45, 7) is 14.1. The average Bonchev–Trinajstić information content (AvgIpc) is 2.99. The summed E-state index contributed by atoms with van der Waals surface area (Å²) in [6, 6.07) is 0. The molecule has 3 saturated carbocycles. The van der Waals surface area contributed by atoms with Crippen molar-refractivity contribution in [3.05, 3.63) is 35.5 Å². The van der Waals surface area contributed by atoms with Gasteiger partial charge >= 0.3 is 0 Å². The highest BCUT2D eigenvalue weighted by molar-refractivity contribution is 5.36. The van der Waals surface area contributed by atoms with Crippen LogP contribution >= 0.6 is 0 Å². The minimum atomic E-state index is -0.172. The van der Waals surface area contributed by atoms with Gasteiger partial charge in [-0.1, -0.05) is 76.8 Å². The fourth-order valence-corrected chi connectivity index (χ4v) is 6.66. The molecule has 3 aliphatic rings. The van der Waals surface area contributed by atoms with Crippen molar-refractivity contribution in [1.82, 2.24) is 0 Å². The van der Waals surface area contributed by atoms with Crippen molar-refractivity contribution < 1.29 is 5.11 Å². The molecule has 0 bridgehead atoms. The number of aliphatic hydroxyl groups is 1. The minimum absolute atomic E-state index is 0.172. The molecule has 5 atom stereocenters. The van der Waals surface area contributed by atoms with Crippen LogP contribution < -0.4 is 0 Å². The van der Waals surface area contributed by atoms with Crippen molar-refractivity contribution in [2.45, 2.75) is 104 Å². The molecule has 1 heteroatoms. The standard InChI is InChI=1S/C27H44O/c1-19(2)8-6-9-21(4)25-15-16-26-22(10-7-17-27(25,26)5)12-13-23-18-24(28)14-11-20(23)3/h12-13,19,21,24-26,28H,3,6-11,14-18H2,1-2,4-5H3/b22-12+,23-13+/t21-,24+,25-,26+,27-/m1/s1/i3+1,10+1. The summed E-state index contributed by atoms with van der Waals surface area (Å²) in [5, 5.41) is 10.0. The Bertz CT molecular complexity index is 610. The molecule has 158 valence electrons. The fraction of sp³-hybridized carbons (Fsp3) is 0.778. The molecule has 3 fully saturated rings. The van der Waals surface area contributed by atoms with Crippen LogP contribution in [0.4, 0.5) is 0 Å². The van der Waals surface area contributed by atoms with Gasteiger partial charge in [0.25, 0.3) is 0 Å². The maximum absolute atomic E-state index is 10.0. The molecular formula is C27H44O. The number of rotatable bonds is 6. The van der Waals surface area contributed by atoms with Gasteiger partial charge < -0.3 is 5.11 Å². The highest BCUT2D eigenvalue weighted by Crippen LogP contribution is 2.59. The van der Waals surface area contributed by atoms with Gasteiger partial charge in [-0.3, -0.25) is 0 Å². The van der Waals surface area contributed by atoms with Gasteiger partial charge in [-0.2, -0.15) is 0 Å².